The molecular weight excluding hydrogens is 274 g/mol. The molecule has 1 aromatic carbocycles. The van der Waals surface area contributed by atoms with E-state index in [1.54, 1.807) is 0 Å². The molecule has 0 aliphatic carbocycles. The minimum absolute atomic E-state index is 0.572. The van der Waals surface area contributed by atoms with Crippen molar-refractivity contribution >= 4 is 15.9 Å². The summed E-state index contributed by atoms with van der Waals surface area (Å²) in [5, 5.41) is 1.02. The quantitative estimate of drug-likeness (QED) is 0.713. The molecule has 0 saturated carbocycles. The first-order valence-corrected chi connectivity index (χ1v) is 7.49. The molecule has 1 rings (SSSR count). The predicted octanol–water partition coefficient (Wildman–Crippen LogP) is 4.14. The Balaban J connectivity index is 2.65. The predicted molar refractivity (Wildman–Crippen MR) is 79.9 cm³/mol. The van der Waals surface area contributed by atoms with Crippen molar-refractivity contribution in [3.63, 3.8) is 0 Å². The van der Waals surface area contributed by atoms with Gasteiger partial charge < -0.3 is 4.90 Å². The summed E-state index contributed by atoms with van der Waals surface area (Å²) in [6, 6.07) is 11.4. The van der Waals surface area contributed by atoms with Crippen LogP contribution < -0.4 is 0 Å². The van der Waals surface area contributed by atoms with Crippen molar-refractivity contribution in [2.45, 2.75) is 32.7 Å². The first-order valence-electron chi connectivity index (χ1n) is 6.37. The van der Waals surface area contributed by atoms with Crippen molar-refractivity contribution in [3.8, 4) is 0 Å². The lowest BCUT2D eigenvalue weighted by Gasteiger charge is -2.31. The Kier molecular flexibility index (Phi) is 6.21. The molecule has 0 heterocycles. The van der Waals surface area contributed by atoms with Gasteiger partial charge in [-0.2, -0.15) is 0 Å². The van der Waals surface area contributed by atoms with E-state index in [-0.39, 0.29) is 0 Å². The second-order valence-corrected chi connectivity index (χ2v) is 5.83. The molecule has 0 fully saturated rings. The lowest BCUT2D eigenvalue weighted by molar-refractivity contribution is 0.200. The molecule has 0 aliphatic heterocycles. The van der Waals surface area contributed by atoms with Gasteiger partial charge in [0.25, 0.3) is 0 Å². The molecule has 0 saturated heterocycles. The molecule has 0 aliphatic rings. The monoisotopic (exact) mass is 297 g/mol. The highest BCUT2D eigenvalue weighted by molar-refractivity contribution is 9.09. The maximum Gasteiger partial charge on any atom is 0.0112 e. The van der Waals surface area contributed by atoms with Crippen molar-refractivity contribution in [2.24, 2.45) is 5.92 Å². The average molecular weight is 298 g/mol. The minimum Gasteiger partial charge on any atom is -0.303 e. The van der Waals surface area contributed by atoms with Crippen molar-refractivity contribution in [1.82, 2.24) is 4.90 Å². The Morgan fingerprint density at radius 2 is 1.71 bits per heavy atom. The minimum atomic E-state index is 0.572. The Morgan fingerprint density at radius 1 is 1.12 bits per heavy atom. The van der Waals surface area contributed by atoms with Gasteiger partial charge in [0.2, 0.25) is 0 Å². The normalized spacial score (nSPS) is 15.2. The highest BCUT2D eigenvalue weighted by atomic mass is 79.9. The van der Waals surface area contributed by atoms with Crippen LogP contribution in [0.1, 0.15) is 32.3 Å². The van der Waals surface area contributed by atoms with E-state index in [0.717, 1.165) is 11.9 Å². The lowest BCUT2D eigenvalue weighted by atomic mass is 9.98. The van der Waals surface area contributed by atoms with Crippen LogP contribution in [0.2, 0.25) is 0 Å². The number of hydrogen-bond donors (Lipinski definition) is 0. The van der Waals surface area contributed by atoms with Gasteiger partial charge in [0.1, 0.15) is 0 Å². The molecule has 0 spiro atoms. The van der Waals surface area contributed by atoms with Crippen LogP contribution in [-0.4, -0.2) is 29.9 Å². The number of nitrogens with zero attached hydrogens (tertiary/aromatic N) is 1. The molecule has 2 atom stereocenters. The zero-order valence-corrected chi connectivity index (χ0v) is 12.9. The van der Waals surface area contributed by atoms with E-state index in [1.165, 1.54) is 5.56 Å². The summed E-state index contributed by atoms with van der Waals surface area (Å²) < 4.78 is 0. The highest BCUT2D eigenvalue weighted by Gasteiger charge is 2.18. The summed E-state index contributed by atoms with van der Waals surface area (Å²) in [7, 11) is 2.23. The lowest BCUT2D eigenvalue weighted by Crippen LogP contribution is -2.36. The largest absolute Gasteiger partial charge is 0.303 e. The molecule has 1 nitrogen and oxygen atoms in total. The molecule has 96 valence electrons. The summed E-state index contributed by atoms with van der Waals surface area (Å²) >= 11 is 3.64. The van der Waals surface area contributed by atoms with Crippen LogP contribution in [0.25, 0.3) is 0 Å². The van der Waals surface area contributed by atoms with Gasteiger partial charge in [-0.3, -0.25) is 0 Å². The fourth-order valence-electron chi connectivity index (χ4n) is 1.99. The molecule has 0 radical (unpaired) electrons. The number of rotatable bonds is 6. The zero-order valence-electron chi connectivity index (χ0n) is 11.4. The van der Waals surface area contributed by atoms with Gasteiger partial charge in [-0.15, -0.1) is 0 Å². The second kappa shape index (κ2) is 7.17. The first kappa shape index (κ1) is 14.7. The van der Waals surface area contributed by atoms with E-state index in [4.69, 9.17) is 0 Å². The summed E-state index contributed by atoms with van der Waals surface area (Å²) in [5.41, 5.74) is 1.42. The van der Waals surface area contributed by atoms with E-state index in [9.17, 15) is 0 Å². The summed E-state index contributed by atoms with van der Waals surface area (Å²) in [4.78, 5) is 2.46. The third-order valence-corrected chi connectivity index (χ3v) is 4.41. The van der Waals surface area contributed by atoms with Crippen molar-refractivity contribution in [3.05, 3.63) is 35.9 Å². The van der Waals surface area contributed by atoms with Crippen LogP contribution >= 0.6 is 15.9 Å². The van der Waals surface area contributed by atoms with Crippen molar-refractivity contribution in [1.29, 1.82) is 0 Å². The molecule has 2 heteroatoms. The van der Waals surface area contributed by atoms with E-state index < -0.39 is 0 Å². The molecule has 0 bridgehead atoms. The third-order valence-electron chi connectivity index (χ3n) is 3.63. The number of hydrogen-bond acceptors (Lipinski definition) is 1. The van der Waals surface area contributed by atoms with Gasteiger partial charge in [0.05, 0.1) is 0 Å². The third kappa shape index (κ3) is 4.44. The summed E-state index contributed by atoms with van der Waals surface area (Å²) in [6.07, 6.45) is 0. The van der Waals surface area contributed by atoms with Crippen LogP contribution in [0.5, 0.6) is 0 Å². The van der Waals surface area contributed by atoms with Crippen LogP contribution in [-0.2, 0) is 0 Å². The van der Waals surface area contributed by atoms with Crippen LogP contribution in [0.4, 0.5) is 0 Å². The van der Waals surface area contributed by atoms with Crippen LogP contribution in [0.15, 0.2) is 30.3 Å². The van der Waals surface area contributed by atoms with Gasteiger partial charge in [0.15, 0.2) is 0 Å². The van der Waals surface area contributed by atoms with E-state index in [2.05, 4.69) is 79.0 Å². The second-order valence-electron chi connectivity index (χ2n) is 5.19. The standard InChI is InChI=1S/C15H24BrN/c1-12(2)13(3)17(4)11-15(10-16)14-8-6-5-7-9-14/h5-9,12-13,15H,10-11H2,1-4H3. The molecular formula is C15H24BrN. The fraction of sp³-hybridized carbons (Fsp3) is 0.600. The number of benzene rings is 1. The molecule has 0 aromatic heterocycles. The molecule has 1 aromatic rings. The smallest absolute Gasteiger partial charge is 0.0112 e. The molecule has 17 heavy (non-hydrogen) atoms. The van der Waals surface area contributed by atoms with Gasteiger partial charge in [-0.1, -0.05) is 60.1 Å². The molecule has 0 amide bonds. The number of halogens is 1. The SMILES string of the molecule is CC(C)C(C)N(C)CC(CBr)c1ccccc1. The van der Waals surface area contributed by atoms with E-state index in [0.29, 0.717) is 17.9 Å². The van der Waals surface area contributed by atoms with Crippen molar-refractivity contribution in [2.75, 3.05) is 18.9 Å². The van der Waals surface area contributed by atoms with Crippen LogP contribution in [0, 0.1) is 5.92 Å². The van der Waals surface area contributed by atoms with Gasteiger partial charge in [0, 0.05) is 23.8 Å². The Hall–Kier alpha value is -0.340. The maximum absolute atomic E-state index is 3.64. The topological polar surface area (TPSA) is 3.24 Å². The summed E-state index contributed by atoms with van der Waals surface area (Å²) in [5.74, 6) is 1.27. The van der Waals surface area contributed by atoms with Gasteiger partial charge in [-0.25, -0.2) is 0 Å². The fourth-order valence-corrected chi connectivity index (χ4v) is 2.57. The average Bonchev–Trinajstić information content (AvgIpc) is 2.35. The Morgan fingerprint density at radius 3 is 2.18 bits per heavy atom. The van der Waals surface area contributed by atoms with Gasteiger partial charge in [-0.05, 0) is 25.5 Å². The van der Waals surface area contributed by atoms with E-state index >= 15 is 0 Å². The Labute approximate surface area is 114 Å². The summed E-state index contributed by atoms with van der Waals surface area (Å²) in [6.45, 7) is 7.98. The highest BCUT2D eigenvalue weighted by Crippen LogP contribution is 2.21. The maximum atomic E-state index is 3.64. The first-order chi connectivity index (χ1) is 8.06. The zero-order chi connectivity index (χ0) is 12.8. The number of likely N-dealkylation sites (N-methyl/N-ethyl adjacent to an activating group) is 1. The van der Waals surface area contributed by atoms with Gasteiger partial charge >= 0.3 is 0 Å². The van der Waals surface area contributed by atoms with E-state index in [1.807, 2.05) is 0 Å². The van der Waals surface area contributed by atoms with Crippen molar-refractivity contribution < 1.29 is 0 Å². The number of alkyl halides is 1. The molecule has 2 unspecified atom stereocenters. The van der Waals surface area contributed by atoms with Crippen LogP contribution in [0.3, 0.4) is 0 Å². The Bertz CT molecular complexity index is 310. The molecule has 0 N–H and O–H groups in total.